The van der Waals surface area contributed by atoms with Gasteiger partial charge < -0.3 is 10.5 Å². The highest BCUT2D eigenvalue weighted by Gasteiger charge is 2.11. The molecule has 1 aromatic rings. The number of nitrogens with zero attached hydrogens (tertiary/aromatic N) is 1. The number of unbranched alkanes of at least 4 members (excludes halogenated alkanes) is 1. The Balaban J connectivity index is 2.71. The van der Waals surface area contributed by atoms with Crippen LogP contribution < -0.4 is 10.5 Å². The van der Waals surface area contributed by atoms with Crippen molar-refractivity contribution < 1.29 is 4.74 Å². The second kappa shape index (κ2) is 7.97. The van der Waals surface area contributed by atoms with Gasteiger partial charge in [-0.3, -0.25) is 0 Å². The molecule has 98 valence electrons. The van der Waals surface area contributed by atoms with Crippen LogP contribution in [0.3, 0.4) is 0 Å². The lowest BCUT2D eigenvalue weighted by Gasteiger charge is -2.15. The van der Waals surface area contributed by atoms with Gasteiger partial charge in [0.1, 0.15) is 5.75 Å². The van der Waals surface area contributed by atoms with Crippen molar-refractivity contribution in [2.24, 2.45) is 5.73 Å². The monoisotopic (exact) mass is 266 g/mol. The van der Waals surface area contributed by atoms with Crippen LogP contribution in [0.2, 0.25) is 5.02 Å². The molecule has 1 atom stereocenters. The van der Waals surface area contributed by atoms with E-state index in [0.29, 0.717) is 24.5 Å². The lowest BCUT2D eigenvalue weighted by Crippen LogP contribution is -2.22. The molecule has 0 amide bonds. The van der Waals surface area contributed by atoms with Gasteiger partial charge >= 0.3 is 0 Å². The first-order chi connectivity index (χ1) is 8.69. The smallest absolute Gasteiger partial charge is 0.124 e. The lowest BCUT2D eigenvalue weighted by molar-refractivity contribution is 0.309. The van der Waals surface area contributed by atoms with Crippen molar-refractivity contribution in [1.29, 1.82) is 5.26 Å². The van der Waals surface area contributed by atoms with Crippen LogP contribution in [0, 0.1) is 11.3 Å². The van der Waals surface area contributed by atoms with E-state index in [-0.39, 0.29) is 6.04 Å². The summed E-state index contributed by atoms with van der Waals surface area (Å²) >= 11 is 6.18. The van der Waals surface area contributed by atoms with Crippen molar-refractivity contribution >= 4 is 11.6 Å². The third-order valence-corrected chi connectivity index (χ3v) is 3.11. The van der Waals surface area contributed by atoms with E-state index in [0.717, 1.165) is 24.2 Å². The van der Waals surface area contributed by atoms with Crippen LogP contribution in [0.1, 0.15) is 31.7 Å². The van der Waals surface area contributed by atoms with Gasteiger partial charge in [0.05, 0.1) is 12.7 Å². The van der Waals surface area contributed by atoms with Crippen LogP contribution in [0.15, 0.2) is 18.2 Å². The number of hydrogen-bond acceptors (Lipinski definition) is 3. The molecule has 0 saturated carbocycles. The molecule has 0 fully saturated rings. The topological polar surface area (TPSA) is 59.0 Å². The fourth-order valence-electron chi connectivity index (χ4n) is 1.61. The molecule has 0 aliphatic heterocycles. The van der Waals surface area contributed by atoms with Gasteiger partial charge in [0, 0.05) is 23.0 Å². The first-order valence-corrected chi connectivity index (χ1v) is 6.59. The summed E-state index contributed by atoms with van der Waals surface area (Å²) in [6.45, 7) is 2.58. The summed E-state index contributed by atoms with van der Waals surface area (Å²) in [5.41, 5.74) is 6.93. The highest BCUT2D eigenvalue weighted by molar-refractivity contribution is 6.31. The van der Waals surface area contributed by atoms with E-state index in [1.807, 2.05) is 18.2 Å². The van der Waals surface area contributed by atoms with Crippen molar-refractivity contribution in [1.82, 2.24) is 0 Å². The Labute approximate surface area is 114 Å². The molecule has 0 spiro atoms. The zero-order chi connectivity index (χ0) is 13.4. The van der Waals surface area contributed by atoms with E-state index in [2.05, 4.69) is 13.0 Å². The van der Waals surface area contributed by atoms with Crippen molar-refractivity contribution in [3.05, 3.63) is 28.8 Å². The first-order valence-electron chi connectivity index (χ1n) is 6.21. The number of benzene rings is 1. The Morgan fingerprint density at radius 3 is 2.94 bits per heavy atom. The molecular formula is C14H19ClN2O. The summed E-state index contributed by atoms with van der Waals surface area (Å²) in [5, 5.41) is 9.16. The summed E-state index contributed by atoms with van der Waals surface area (Å²) in [6.07, 6.45) is 2.84. The van der Waals surface area contributed by atoms with Crippen molar-refractivity contribution in [2.75, 3.05) is 6.61 Å². The van der Waals surface area contributed by atoms with Crippen LogP contribution >= 0.6 is 11.6 Å². The van der Waals surface area contributed by atoms with Crippen molar-refractivity contribution in [3.63, 3.8) is 0 Å². The first kappa shape index (κ1) is 14.8. The number of rotatable bonds is 7. The maximum absolute atomic E-state index is 8.47. The predicted molar refractivity (Wildman–Crippen MR) is 73.8 cm³/mol. The Bertz CT molecular complexity index is 415. The predicted octanol–water partition coefficient (Wildman–Crippen LogP) is 3.30. The molecular weight excluding hydrogens is 248 g/mol. The Morgan fingerprint density at radius 1 is 1.50 bits per heavy atom. The number of halogens is 1. The molecule has 0 aliphatic carbocycles. The molecule has 0 bridgehead atoms. The fourth-order valence-corrected chi connectivity index (χ4v) is 1.86. The maximum atomic E-state index is 8.47. The minimum Gasteiger partial charge on any atom is -0.493 e. The molecule has 0 aromatic heterocycles. The number of nitriles is 1. The molecule has 18 heavy (non-hydrogen) atoms. The molecule has 2 N–H and O–H groups in total. The molecule has 0 heterocycles. The Kier molecular flexibility index (Phi) is 6.56. The SMILES string of the molecule is CCC(N)Cc1c(Cl)cccc1OCCCC#N. The normalized spacial score (nSPS) is 11.9. The van der Waals surface area contributed by atoms with Gasteiger partial charge in [-0.25, -0.2) is 0 Å². The highest BCUT2D eigenvalue weighted by atomic mass is 35.5. The molecule has 0 radical (unpaired) electrons. The summed E-state index contributed by atoms with van der Waals surface area (Å²) in [7, 11) is 0. The van der Waals surface area contributed by atoms with E-state index in [1.54, 1.807) is 0 Å². The van der Waals surface area contributed by atoms with Gasteiger partial charge in [-0.1, -0.05) is 24.6 Å². The second-order valence-corrected chi connectivity index (χ2v) is 4.61. The third-order valence-electron chi connectivity index (χ3n) is 2.76. The van der Waals surface area contributed by atoms with Gasteiger partial charge in [0.25, 0.3) is 0 Å². The highest BCUT2D eigenvalue weighted by Crippen LogP contribution is 2.28. The zero-order valence-corrected chi connectivity index (χ0v) is 11.4. The van der Waals surface area contributed by atoms with E-state index in [1.165, 1.54) is 0 Å². The maximum Gasteiger partial charge on any atom is 0.124 e. The molecule has 1 unspecified atom stereocenters. The molecule has 0 saturated heterocycles. The average Bonchev–Trinajstić information content (AvgIpc) is 2.38. The summed E-state index contributed by atoms with van der Waals surface area (Å²) in [5.74, 6) is 0.782. The minimum absolute atomic E-state index is 0.0892. The van der Waals surface area contributed by atoms with Gasteiger partial charge in [0.2, 0.25) is 0 Å². The minimum atomic E-state index is 0.0892. The number of hydrogen-bond donors (Lipinski definition) is 1. The van der Waals surface area contributed by atoms with Crippen LogP contribution in [0.5, 0.6) is 5.75 Å². The van der Waals surface area contributed by atoms with Gasteiger partial charge in [0.15, 0.2) is 0 Å². The Hall–Kier alpha value is -1.24. The standard InChI is InChI=1S/C14H19ClN2O/c1-2-11(17)10-12-13(15)6-5-7-14(12)18-9-4-3-8-16/h5-7,11H,2-4,9-10,17H2,1H3. The van der Waals surface area contributed by atoms with Crippen LogP contribution in [0.25, 0.3) is 0 Å². The number of ether oxygens (including phenoxy) is 1. The zero-order valence-electron chi connectivity index (χ0n) is 10.7. The molecule has 0 aliphatic rings. The summed E-state index contributed by atoms with van der Waals surface area (Å²) in [6, 6.07) is 7.80. The number of nitrogens with two attached hydrogens (primary N) is 1. The van der Waals surface area contributed by atoms with Gasteiger partial charge in [-0.2, -0.15) is 5.26 Å². The quantitative estimate of drug-likeness (QED) is 0.771. The van der Waals surface area contributed by atoms with Crippen molar-refractivity contribution in [3.8, 4) is 11.8 Å². The van der Waals surface area contributed by atoms with E-state index in [9.17, 15) is 0 Å². The molecule has 4 heteroatoms. The van der Waals surface area contributed by atoms with E-state index in [4.69, 9.17) is 27.3 Å². The summed E-state index contributed by atoms with van der Waals surface area (Å²) in [4.78, 5) is 0. The molecule has 3 nitrogen and oxygen atoms in total. The average molecular weight is 267 g/mol. The van der Waals surface area contributed by atoms with Crippen LogP contribution in [-0.4, -0.2) is 12.6 Å². The Morgan fingerprint density at radius 2 is 2.28 bits per heavy atom. The van der Waals surface area contributed by atoms with Gasteiger partial charge in [-0.05, 0) is 31.4 Å². The summed E-state index contributed by atoms with van der Waals surface area (Å²) < 4.78 is 5.67. The van der Waals surface area contributed by atoms with Crippen molar-refractivity contribution in [2.45, 2.75) is 38.6 Å². The fraction of sp³-hybridized carbons (Fsp3) is 0.500. The molecule has 1 aromatic carbocycles. The van der Waals surface area contributed by atoms with E-state index < -0.39 is 0 Å². The van der Waals surface area contributed by atoms with Crippen LogP contribution in [-0.2, 0) is 6.42 Å². The van der Waals surface area contributed by atoms with E-state index >= 15 is 0 Å². The lowest BCUT2D eigenvalue weighted by atomic mass is 10.0. The van der Waals surface area contributed by atoms with Crippen LogP contribution in [0.4, 0.5) is 0 Å². The largest absolute Gasteiger partial charge is 0.493 e. The molecule has 1 rings (SSSR count). The third kappa shape index (κ3) is 4.56. The van der Waals surface area contributed by atoms with Gasteiger partial charge in [-0.15, -0.1) is 0 Å². The second-order valence-electron chi connectivity index (χ2n) is 4.20.